The van der Waals surface area contributed by atoms with Gasteiger partial charge in [-0.25, -0.2) is 8.42 Å². The van der Waals surface area contributed by atoms with E-state index in [0.717, 1.165) is 0 Å². The number of ether oxygens (including phenoxy) is 1. The lowest BCUT2D eigenvalue weighted by Gasteiger charge is -2.34. The van der Waals surface area contributed by atoms with Crippen LogP contribution >= 0.6 is 0 Å². The first-order chi connectivity index (χ1) is 12.7. The number of morpholine rings is 1. The number of hydrogen-bond donors (Lipinski definition) is 1. The van der Waals surface area contributed by atoms with Gasteiger partial charge in [-0.3, -0.25) is 4.79 Å². The van der Waals surface area contributed by atoms with Crippen molar-refractivity contribution in [3.63, 3.8) is 0 Å². The summed E-state index contributed by atoms with van der Waals surface area (Å²) in [6.45, 7) is 8.17. The third-order valence-corrected chi connectivity index (χ3v) is 6.82. The quantitative estimate of drug-likeness (QED) is 0.755. The van der Waals surface area contributed by atoms with Gasteiger partial charge in [0.1, 0.15) is 5.54 Å². The van der Waals surface area contributed by atoms with Crippen molar-refractivity contribution in [2.24, 2.45) is 0 Å². The number of rotatable bonds is 6. The second-order valence-corrected chi connectivity index (χ2v) is 8.93. The van der Waals surface area contributed by atoms with E-state index in [9.17, 15) is 13.2 Å². The Morgan fingerprint density at radius 2 is 1.74 bits per heavy atom. The van der Waals surface area contributed by atoms with Crippen LogP contribution in [0.4, 0.5) is 0 Å². The molecule has 1 aromatic rings. The zero-order chi connectivity index (χ0) is 20.2. The molecule has 0 radical (unpaired) electrons. The van der Waals surface area contributed by atoms with Crippen LogP contribution < -0.4 is 5.32 Å². The summed E-state index contributed by atoms with van der Waals surface area (Å²) in [5.74, 6) is 2.35. The van der Waals surface area contributed by atoms with Gasteiger partial charge in [-0.15, -0.1) is 6.42 Å². The second-order valence-electron chi connectivity index (χ2n) is 6.99. The SMILES string of the molecule is C#CC(CC)(CC)NC(=O)c1ccc(S(=O)(=O)N2C[C@H](C)O[C@@H](C)C2)cc1. The van der Waals surface area contributed by atoms with Crippen molar-refractivity contribution in [2.45, 2.75) is 63.2 Å². The summed E-state index contributed by atoms with van der Waals surface area (Å²) in [6.07, 6.45) is 6.50. The van der Waals surface area contributed by atoms with E-state index in [0.29, 0.717) is 31.5 Å². The second kappa shape index (κ2) is 8.42. The van der Waals surface area contributed by atoms with E-state index in [1.54, 1.807) is 0 Å². The molecule has 0 unspecified atom stereocenters. The highest BCUT2D eigenvalue weighted by molar-refractivity contribution is 7.89. The maximum Gasteiger partial charge on any atom is 0.252 e. The van der Waals surface area contributed by atoms with Gasteiger partial charge < -0.3 is 10.1 Å². The molecule has 0 saturated carbocycles. The molecule has 0 spiro atoms. The van der Waals surface area contributed by atoms with Gasteiger partial charge in [0.25, 0.3) is 5.91 Å². The van der Waals surface area contributed by atoms with Gasteiger partial charge in [0.05, 0.1) is 17.1 Å². The summed E-state index contributed by atoms with van der Waals surface area (Å²) < 4.78 is 32.8. The largest absolute Gasteiger partial charge is 0.373 e. The summed E-state index contributed by atoms with van der Waals surface area (Å²) >= 11 is 0. The Morgan fingerprint density at radius 1 is 1.22 bits per heavy atom. The molecule has 2 atom stereocenters. The molecular formula is C20H28N2O4S. The van der Waals surface area contributed by atoms with E-state index in [-0.39, 0.29) is 23.0 Å². The number of hydrogen-bond acceptors (Lipinski definition) is 4. The van der Waals surface area contributed by atoms with Gasteiger partial charge in [0, 0.05) is 18.7 Å². The molecule has 0 aromatic heterocycles. The molecule has 1 saturated heterocycles. The van der Waals surface area contributed by atoms with E-state index >= 15 is 0 Å². The van der Waals surface area contributed by atoms with Crippen LogP contribution in [0.2, 0.25) is 0 Å². The van der Waals surface area contributed by atoms with E-state index in [2.05, 4.69) is 11.2 Å². The molecule has 27 heavy (non-hydrogen) atoms. The number of sulfonamides is 1. The topological polar surface area (TPSA) is 75.7 Å². The number of terminal acetylenes is 1. The predicted octanol–water partition coefficient (Wildman–Crippen LogP) is 2.41. The molecule has 1 heterocycles. The van der Waals surface area contributed by atoms with E-state index in [1.807, 2.05) is 27.7 Å². The van der Waals surface area contributed by atoms with Crippen molar-refractivity contribution < 1.29 is 17.9 Å². The van der Waals surface area contributed by atoms with Crippen molar-refractivity contribution >= 4 is 15.9 Å². The fourth-order valence-electron chi connectivity index (χ4n) is 3.21. The summed E-state index contributed by atoms with van der Waals surface area (Å²) in [5.41, 5.74) is -0.318. The zero-order valence-electron chi connectivity index (χ0n) is 16.4. The van der Waals surface area contributed by atoms with Gasteiger partial charge >= 0.3 is 0 Å². The molecule has 1 N–H and O–H groups in total. The smallest absolute Gasteiger partial charge is 0.252 e. The molecule has 0 bridgehead atoms. The highest BCUT2D eigenvalue weighted by Gasteiger charge is 2.32. The third kappa shape index (κ3) is 4.70. The number of amides is 1. The summed E-state index contributed by atoms with van der Waals surface area (Å²) in [7, 11) is -3.63. The van der Waals surface area contributed by atoms with E-state index in [4.69, 9.17) is 11.2 Å². The fraction of sp³-hybridized carbons (Fsp3) is 0.550. The first-order valence-corrected chi connectivity index (χ1v) is 10.7. The molecule has 7 heteroatoms. The summed E-state index contributed by atoms with van der Waals surface area (Å²) in [5, 5.41) is 2.88. The van der Waals surface area contributed by atoms with Crippen molar-refractivity contribution in [3.8, 4) is 12.3 Å². The van der Waals surface area contributed by atoms with Gasteiger partial charge in [0.15, 0.2) is 0 Å². The van der Waals surface area contributed by atoms with Crippen LogP contribution in [0.5, 0.6) is 0 Å². The van der Waals surface area contributed by atoms with Crippen LogP contribution in [0.25, 0.3) is 0 Å². The standard InChI is InChI=1S/C20H28N2O4S/c1-6-20(7-2,8-3)21-19(23)17-9-11-18(12-10-17)27(24,25)22-13-15(4)26-16(5)14-22/h1,9-12,15-16H,7-8,13-14H2,2-5H3,(H,21,23)/t15-,16-/m0/s1. The first-order valence-electron chi connectivity index (χ1n) is 9.23. The van der Waals surface area contributed by atoms with Crippen molar-refractivity contribution in [2.75, 3.05) is 13.1 Å². The minimum absolute atomic E-state index is 0.159. The number of nitrogens with one attached hydrogen (secondary N) is 1. The van der Waals surface area contributed by atoms with Crippen molar-refractivity contribution in [3.05, 3.63) is 29.8 Å². The van der Waals surface area contributed by atoms with Crippen LogP contribution in [0.15, 0.2) is 29.2 Å². The summed E-state index contributed by atoms with van der Waals surface area (Å²) in [6, 6.07) is 5.96. The fourth-order valence-corrected chi connectivity index (χ4v) is 4.80. The number of carbonyl (C=O) groups excluding carboxylic acids is 1. The van der Waals surface area contributed by atoms with E-state index in [1.165, 1.54) is 28.6 Å². The molecule has 1 aliphatic rings. The Labute approximate surface area is 162 Å². The predicted molar refractivity (Wildman–Crippen MR) is 105 cm³/mol. The number of nitrogens with zero attached hydrogens (tertiary/aromatic N) is 1. The van der Waals surface area contributed by atoms with Crippen LogP contribution in [0, 0.1) is 12.3 Å². The number of carbonyl (C=O) groups is 1. The molecule has 148 valence electrons. The number of benzene rings is 1. The normalized spacial score (nSPS) is 21.4. The minimum atomic E-state index is -3.63. The molecule has 0 aliphatic carbocycles. The van der Waals surface area contributed by atoms with Crippen molar-refractivity contribution in [1.29, 1.82) is 0 Å². The Morgan fingerprint density at radius 3 is 2.19 bits per heavy atom. The highest BCUT2D eigenvalue weighted by atomic mass is 32.2. The van der Waals surface area contributed by atoms with Gasteiger partial charge in [0.2, 0.25) is 10.0 Å². The monoisotopic (exact) mass is 392 g/mol. The average Bonchev–Trinajstić information content (AvgIpc) is 2.65. The third-order valence-electron chi connectivity index (χ3n) is 4.98. The minimum Gasteiger partial charge on any atom is -0.373 e. The Bertz CT molecular complexity index is 797. The zero-order valence-corrected chi connectivity index (χ0v) is 17.2. The van der Waals surface area contributed by atoms with Crippen LogP contribution in [-0.4, -0.2) is 49.5 Å². The van der Waals surface area contributed by atoms with E-state index < -0.39 is 15.6 Å². The maximum absolute atomic E-state index is 12.9. The van der Waals surface area contributed by atoms with Gasteiger partial charge in [-0.1, -0.05) is 19.8 Å². The molecular weight excluding hydrogens is 364 g/mol. The molecule has 1 amide bonds. The lowest BCUT2D eigenvalue weighted by atomic mass is 9.93. The Kier molecular flexibility index (Phi) is 6.68. The maximum atomic E-state index is 12.9. The van der Waals surface area contributed by atoms with Crippen LogP contribution in [-0.2, 0) is 14.8 Å². The molecule has 2 rings (SSSR count). The lowest BCUT2D eigenvalue weighted by Crippen LogP contribution is -2.48. The first kappa shape index (κ1) is 21.4. The molecule has 6 nitrogen and oxygen atoms in total. The van der Waals surface area contributed by atoms with Crippen LogP contribution in [0.1, 0.15) is 50.9 Å². The molecule has 1 aromatic carbocycles. The van der Waals surface area contributed by atoms with Gasteiger partial charge in [-0.05, 0) is 51.0 Å². The molecule has 1 aliphatic heterocycles. The van der Waals surface area contributed by atoms with Gasteiger partial charge in [-0.2, -0.15) is 4.31 Å². The molecule has 1 fully saturated rings. The lowest BCUT2D eigenvalue weighted by molar-refractivity contribution is -0.0440. The summed E-state index contributed by atoms with van der Waals surface area (Å²) in [4.78, 5) is 12.7. The Balaban J connectivity index is 2.19. The average molecular weight is 393 g/mol. The van der Waals surface area contributed by atoms with Crippen molar-refractivity contribution in [1.82, 2.24) is 9.62 Å². The Hall–Kier alpha value is -1.88. The highest BCUT2D eigenvalue weighted by Crippen LogP contribution is 2.22. The van der Waals surface area contributed by atoms with Crippen LogP contribution in [0.3, 0.4) is 0 Å².